The maximum Gasteiger partial charge on any atom is 0.273 e. The summed E-state index contributed by atoms with van der Waals surface area (Å²) in [5.74, 6) is -0.506. The monoisotopic (exact) mass is 400 g/mol. The lowest BCUT2D eigenvalue weighted by Gasteiger charge is -2.10. The number of carbonyl (C=O) groups excluding carboxylic acids is 1. The molecule has 0 radical (unpaired) electrons. The third-order valence-electron chi connectivity index (χ3n) is 2.72. The van der Waals surface area contributed by atoms with Gasteiger partial charge in [-0.15, -0.1) is 0 Å². The van der Waals surface area contributed by atoms with E-state index < -0.39 is 16.6 Å². The average molecular weight is 402 g/mol. The molecule has 0 aliphatic rings. The normalized spacial score (nSPS) is 10.2. The molecule has 0 heterocycles. The van der Waals surface area contributed by atoms with Gasteiger partial charge in [-0.25, -0.2) is 0 Å². The second kappa shape index (κ2) is 7.30. The predicted molar refractivity (Wildman–Crippen MR) is 88.0 cm³/mol. The van der Waals surface area contributed by atoms with Crippen molar-refractivity contribution < 1.29 is 19.6 Å². The fourth-order valence-corrected chi connectivity index (χ4v) is 2.46. The zero-order valence-corrected chi connectivity index (χ0v) is 13.8. The molecule has 7 nitrogen and oxygen atoms in total. The van der Waals surface area contributed by atoms with Crippen LogP contribution in [0.15, 0.2) is 40.9 Å². The van der Waals surface area contributed by atoms with Crippen LogP contribution in [0.2, 0.25) is 5.02 Å². The van der Waals surface area contributed by atoms with Crippen LogP contribution in [0.25, 0.3) is 0 Å². The van der Waals surface area contributed by atoms with Crippen molar-refractivity contribution in [1.82, 2.24) is 0 Å². The second-order valence-corrected chi connectivity index (χ2v) is 5.66. The molecule has 120 valence electrons. The summed E-state index contributed by atoms with van der Waals surface area (Å²) in [7, 11) is 0. The summed E-state index contributed by atoms with van der Waals surface area (Å²) < 4.78 is 5.91. The summed E-state index contributed by atoms with van der Waals surface area (Å²) in [5.41, 5.74) is -0.221. The number of phenolic OH excluding ortho intramolecular Hbond substituents is 1. The number of halogens is 2. The van der Waals surface area contributed by atoms with Crippen molar-refractivity contribution >= 4 is 44.8 Å². The lowest BCUT2D eigenvalue weighted by molar-refractivity contribution is -0.384. The van der Waals surface area contributed by atoms with Crippen LogP contribution < -0.4 is 10.1 Å². The summed E-state index contributed by atoms with van der Waals surface area (Å²) in [5, 5.41) is 23.2. The van der Waals surface area contributed by atoms with Gasteiger partial charge in [-0.2, -0.15) is 0 Å². The van der Waals surface area contributed by atoms with Gasteiger partial charge in [0, 0.05) is 11.1 Å². The van der Waals surface area contributed by atoms with E-state index in [1.807, 2.05) is 0 Å². The Morgan fingerprint density at radius 2 is 2.09 bits per heavy atom. The molecule has 0 saturated heterocycles. The Labute approximate surface area is 144 Å². The molecule has 0 atom stereocenters. The number of non-ortho nitro benzene ring substituents is 1. The molecule has 1 amide bonds. The minimum absolute atomic E-state index is 0.0550. The lowest BCUT2D eigenvalue weighted by atomic mass is 10.2. The summed E-state index contributed by atoms with van der Waals surface area (Å²) in [6.45, 7) is -0.309. The van der Waals surface area contributed by atoms with E-state index in [0.29, 0.717) is 15.2 Å². The van der Waals surface area contributed by atoms with Crippen LogP contribution in [0.4, 0.5) is 11.4 Å². The van der Waals surface area contributed by atoms with Crippen LogP contribution in [0, 0.1) is 10.1 Å². The van der Waals surface area contributed by atoms with Crippen molar-refractivity contribution in [1.29, 1.82) is 0 Å². The van der Waals surface area contributed by atoms with Crippen molar-refractivity contribution in [2.24, 2.45) is 0 Å². The van der Waals surface area contributed by atoms with Gasteiger partial charge in [0.05, 0.1) is 21.1 Å². The molecule has 2 N–H and O–H groups in total. The van der Waals surface area contributed by atoms with Gasteiger partial charge >= 0.3 is 0 Å². The Morgan fingerprint density at radius 3 is 2.70 bits per heavy atom. The van der Waals surface area contributed by atoms with Gasteiger partial charge in [-0.1, -0.05) is 11.6 Å². The number of carbonyl (C=O) groups is 1. The molecule has 0 bridgehead atoms. The number of phenols is 1. The molecule has 2 rings (SSSR count). The van der Waals surface area contributed by atoms with E-state index in [9.17, 15) is 20.0 Å². The van der Waals surface area contributed by atoms with Gasteiger partial charge in [0.1, 0.15) is 11.5 Å². The molecule has 2 aromatic carbocycles. The van der Waals surface area contributed by atoms with Crippen LogP contribution in [-0.4, -0.2) is 22.5 Å². The maximum absolute atomic E-state index is 11.8. The lowest BCUT2D eigenvalue weighted by Crippen LogP contribution is -2.20. The summed E-state index contributed by atoms with van der Waals surface area (Å²) in [6, 6.07) is 8.20. The first-order valence-corrected chi connectivity index (χ1v) is 7.39. The highest BCUT2D eigenvalue weighted by Gasteiger charge is 2.13. The number of rotatable bonds is 5. The molecule has 0 aliphatic carbocycles. The number of aromatic hydroxyl groups is 1. The van der Waals surface area contributed by atoms with E-state index in [1.165, 1.54) is 12.1 Å². The topological polar surface area (TPSA) is 102 Å². The van der Waals surface area contributed by atoms with E-state index >= 15 is 0 Å². The number of hydrogen-bond acceptors (Lipinski definition) is 5. The standard InChI is InChI=1S/C14H10BrClN2O5/c15-10-5-8(16)1-4-13(10)23-7-14(20)17-11-3-2-9(18(21)22)6-12(11)19/h1-6,19H,7H2,(H,17,20). The molecule has 23 heavy (non-hydrogen) atoms. The van der Waals surface area contributed by atoms with Gasteiger partial charge in [0.25, 0.3) is 11.6 Å². The van der Waals surface area contributed by atoms with Crippen molar-refractivity contribution in [2.75, 3.05) is 11.9 Å². The first kappa shape index (κ1) is 17.0. The van der Waals surface area contributed by atoms with E-state index in [2.05, 4.69) is 21.2 Å². The first-order valence-electron chi connectivity index (χ1n) is 6.22. The third kappa shape index (κ3) is 4.57. The minimum atomic E-state index is -0.646. The number of hydrogen-bond donors (Lipinski definition) is 2. The van der Waals surface area contributed by atoms with Crippen molar-refractivity contribution in [2.45, 2.75) is 0 Å². The Bertz CT molecular complexity index is 769. The van der Waals surface area contributed by atoms with E-state index in [4.69, 9.17) is 16.3 Å². The van der Waals surface area contributed by atoms with E-state index in [1.54, 1.807) is 18.2 Å². The molecular weight excluding hydrogens is 392 g/mol. The SMILES string of the molecule is O=C(COc1ccc(Cl)cc1Br)Nc1ccc([N+](=O)[O-])cc1O. The Balaban J connectivity index is 1.98. The molecule has 0 unspecified atom stereocenters. The smallest absolute Gasteiger partial charge is 0.273 e. The summed E-state index contributed by atoms with van der Waals surface area (Å²) in [4.78, 5) is 21.7. The first-order chi connectivity index (χ1) is 10.9. The highest BCUT2D eigenvalue weighted by Crippen LogP contribution is 2.29. The number of amides is 1. The van der Waals surface area contributed by atoms with Crippen molar-refractivity contribution in [3.63, 3.8) is 0 Å². The summed E-state index contributed by atoms with van der Waals surface area (Å²) >= 11 is 9.05. The highest BCUT2D eigenvalue weighted by molar-refractivity contribution is 9.10. The van der Waals surface area contributed by atoms with Crippen LogP contribution in [0.1, 0.15) is 0 Å². The van der Waals surface area contributed by atoms with Gasteiger partial charge in [-0.3, -0.25) is 14.9 Å². The maximum atomic E-state index is 11.8. The largest absolute Gasteiger partial charge is 0.506 e. The van der Waals surface area contributed by atoms with Crippen LogP contribution in [0.3, 0.4) is 0 Å². The van der Waals surface area contributed by atoms with Crippen molar-refractivity contribution in [3.05, 3.63) is 56.0 Å². The Hall–Kier alpha value is -2.32. The van der Waals surface area contributed by atoms with Gasteiger partial charge in [0.2, 0.25) is 0 Å². The highest BCUT2D eigenvalue weighted by atomic mass is 79.9. The molecule has 0 fully saturated rings. The predicted octanol–water partition coefficient (Wildman–Crippen LogP) is 3.73. The molecule has 2 aromatic rings. The third-order valence-corrected chi connectivity index (χ3v) is 3.57. The number of nitro groups is 1. The number of ether oxygens (including phenoxy) is 1. The zero-order chi connectivity index (χ0) is 17.0. The molecule has 9 heteroatoms. The van der Waals surface area contributed by atoms with Crippen LogP contribution >= 0.6 is 27.5 Å². The fourth-order valence-electron chi connectivity index (χ4n) is 1.66. The van der Waals surface area contributed by atoms with Crippen LogP contribution in [0.5, 0.6) is 11.5 Å². The van der Waals surface area contributed by atoms with Gasteiger partial charge in [-0.05, 0) is 40.2 Å². The summed E-state index contributed by atoms with van der Waals surface area (Å²) in [6.07, 6.45) is 0. The molecule has 0 aliphatic heterocycles. The number of nitrogens with zero attached hydrogens (tertiary/aromatic N) is 1. The molecule has 0 saturated carbocycles. The van der Waals surface area contributed by atoms with Gasteiger partial charge in [0.15, 0.2) is 6.61 Å². The van der Waals surface area contributed by atoms with Gasteiger partial charge < -0.3 is 15.2 Å². The number of benzene rings is 2. The van der Waals surface area contributed by atoms with Crippen LogP contribution in [-0.2, 0) is 4.79 Å². The number of anilines is 1. The molecular formula is C14H10BrClN2O5. The van der Waals surface area contributed by atoms with E-state index in [0.717, 1.165) is 6.07 Å². The Kier molecular flexibility index (Phi) is 5.41. The van der Waals surface area contributed by atoms with E-state index in [-0.39, 0.29) is 18.0 Å². The minimum Gasteiger partial charge on any atom is -0.506 e. The fraction of sp³-hybridized carbons (Fsp3) is 0.0714. The second-order valence-electron chi connectivity index (χ2n) is 4.37. The quantitative estimate of drug-likeness (QED) is 0.451. The Morgan fingerprint density at radius 1 is 1.35 bits per heavy atom. The molecule has 0 spiro atoms. The number of nitrogens with one attached hydrogen (secondary N) is 1. The average Bonchev–Trinajstić information content (AvgIpc) is 2.48. The number of nitro benzene ring substituents is 1. The van der Waals surface area contributed by atoms with Crippen molar-refractivity contribution in [3.8, 4) is 11.5 Å². The zero-order valence-electron chi connectivity index (χ0n) is 11.5. The molecule has 0 aromatic heterocycles.